The second-order valence-electron chi connectivity index (χ2n) is 3.64. The molecule has 0 heterocycles. The summed E-state index contributed by atoms with van der Waals surface area (Å²) in [5.74, 6) is 0. The summed E-state index contributed by atoms with van der Waals surface area (Å²) < 4.78 is 11.8. The maximum Gasteiger partial charge on any atom is 0.110 e. The van der Waals surface area contributed by atoms with Gasteiger partial charge in [-0.25, -0.2) is 0 Å². The summed E-state index contributed by atoms with van der Waals surface area (Å²) >= 11 is 0. The SMILES string of the molecule is Cc1ccc(C)c(P(C)(C)=O)c1. The van der Waals surface area contributed by atoms with Gasteiger partial charge in [0.15, 0.2) is 0 Å². The van der Waals surface area contributed by atoms with Crippen LogP contribution in [-0.4, -0.2) is 13.3 Å². The van der Waals surface area contributed by atoms with Gasteiger partial charge in [-0.05, 0) is 38.8 Å². The quantitative estimate of drug-likeness (QED) is 0.610. The molecule has 0 aromatic heterocycles. The lowest BCUT2D eigenvalue weighted by molar-refractivity contribution is 0.588. The molecule has 1 aromatic carbocycles. The van der Waals surface area contributed by atoms with Crippen molar-refractivity contribution in [2.45, 2.75) is 13.8 Å². The van der Waals surface area contributed by atoms with Crippen molar-refractivity contribution < 1.29 is 4.57 Å². The minimum absolute atomic E-state index is 1.02. The molecule has 66 valence electrons. The first-order chi connectivity index (χ1) is 5.41. The highest BCUT2D eigenvalue weighted by molar-refractivity contribution is 7.70. The van der Waals surface area contributed by atoms with Crippen LogP contribution in [0.3, 0.4) is 0 Å². The van der Waals surface area contributed by atoms with Crippen LogP contribution in [-0.2, 0) is 4.57 Å². The molecule has 0 aliphatic rings. The molecular weight excluding hydrogens is 167 g/mol. The highest BCUT2D eigenvalue weighted by Gasteiger charge is 2.13. The van der Waals surface area contributed by atoms with E-state index in [2.05, 4.69) is 6.07 Å². The molecule has 0 atom stereocenters. The van der Waals surface area contributed by atoms with Crippen molar-refractivity contribution in [3.63, 3.8) is 0 Å². The van der Waals surface area contributed by atoms with E-state index in [1.807, 2.05) is 39.3 Å². The van der Waals surface area contributed by atoms with E-state index in [1.165, 1.54) is 5.56 Å². The van der Waals surface area contributed by atoms with Gasteiger partial charge in [0.2, 0.25) is 0 Å². The number of benzene rings is 1. The molecule has 0 radical (unpaired) electrons. The molecular formula is C10H15OP. The zero-order valence-corrected chi connectivity index (χ0v) is 8.98. The molecule has 2 heteroatoms. The van der Waals surface area contributed by atoms with Crippen LogP contribution in [0.15, 0.2) is 18.2 Å². The van der Waals surface area contributed by atoms with Gasteiger partial charge >= 0.3 is 0 Å². The van der Waals surface area contributed by atoms with Gasteiger partial charge in [-0.1, -0.05) is 17.7 Å². The molecule has 0 saturated heterocycles. The molecule has 12 heavy (non-hydrogen) atoms. The number of aryl methyl sites for hydroxylation is 2. The zero-order valence-electron chi connectivity index (χ0n) is 8.09. The average Bonchev–Trinajstić information content (AvgIpc) is 1.92. The van der Waals surface area contributed by atoms with Gasteiger partial charge in [-0.2, -0.15) is 0 Å². The lowest BCUT2D eigenvalue weighted by Gasteiger charge is -2.10. The summed E-state index contributed by atoms with van der Waals surface area (Å²) in [6.45, 7) is 7.66. The zero-order chi connectivity index (χ0) is 9.35. The Morgan fingerprint density at radius 3 is 2.17 bits per heavy atom. The fourth-order valence-corrected chi connectivity index (χ4v) is 2.74. The van der Waals surface area contributed by atoms with E-state index in [0.717, 1.165) is 10.9 Å². The van der Waals surface area contributed by atoms with Crippen LogP contribution >= 0.6 is 7.14 Å². The van der Waals surface area contributed by atoms with Gasteiger partial charge in [-0.15, -0.1) is 0 Å². The van der Waals surface area contributed by atoms with Crippen molar-refractivity contribution in [1.29, 1.82) is 0 Å². The molecule has 1 rings (SSSR count). The number of hydrogen-bond donors (Lipinski definition) is 0. The maximum atomic E-state index is 11.8. The first-order valence-corrected chi connectivity index (χ1v) is 6.64. The molecule has 0 spiro atoms. The van der Waals surface area contributed by atoms with Crippen molar-refractivity contribution >= 4 is 12.4 Å². The fraction of sp³-hybridized carbons (Fsp3) is 0.400. The minimum atomic E-state index is -2.08. The Hall–Kier alpha value is -0.550. The number of hydrogen-bond acceptors (Lipinski definition) is 1. The van der Waals surface area contributed by atoms with Gasteiger partial charge in [-0.3, -0.25) is 0 Å². The average molecular weight is 182 g/mol. The van der Waals surface area contributed by atoms with Crippen LogP contribution in [0.1, 0.15) is 11.1 Å². The summed E-state index contributed by atoms with van der Waals surface area (Å²) in [6.07, 6.45) is 0. The van der Waals surface area contributed by atoms with Crippen molar-refractivity contribution in [2.75, 3.05) is 13.3 Å². The molecule has 0 bridgehead atoms. The third kappa shape index (κ3) is 1.98. The third-order valence-electron chi connectivity index (χ3n) is 1.94. The molecule has 0 N–H and O–H groups in total. The minimum Gasteiger partial charge on any atom is -0.319 e. The largest absolute Gasteiger partial charge is 0.319 e. The lowest BCUT2D eigenvalue weighted by atomic mass is 10.2. The van der Waals surface area contributed by atoms with Crippen molar-refractivity contribution in [2.24, 2.45) is 0 Å². The van der Waals surface area contributed by atoms with E-state index in [1.54, 1.807) is 0 Å². The monoisotopic (exact) mass is 182 g/mol. The van der Waals surface area contributed by atoms with Gasteiger partial charge in [0.1, 0.15) is 7.14 Å². The smallest absolute Gasteiger partial charge is 0.110 e. The molecule has 0 unspecified atom stereocenters. The Labute approximate surface area is 74.2 Å². The Balaban J connectivity index is 3.33. The summed E-state index contributed by atoms with van der Waals surface area (Å²) in [7, 11) is -2.08. The first kappa shape index (κ1) is 9.54. The van der Waals surface area contributed by atoms with Crippen LogP contribution in [0.4, 0.5) is 0 Å². The van der Waals surface area contributed by atoms with Gasteiger partial charge in [0.05, 0.1) is 0 Å². The highest BCUT2D eigenvalue weighted by atomic mass is 31.2. The maximum absolute atomic E-state index is 11.8. The molecule has 0 amide bonds. The second kappa shape index (κ2) is 3.06. The predicted octanol–water partition coefficient (Wildman–Crippen LogP) is 2.55. The Morgan fingerprint density at radius 1 is 1.17 bits per heavy atom. The molecule has 1 aromatic rings. The van der Waals surface area contributed by atoms with Crippen LogP contribution in [0.2, 0.25) is 0 Å². The molecule has 1 nitrogen and oxygen atoms in total. The fourth-order valence-electron chi connectivity index (χ4n) is 1.30. The van der Waals surface area contributed by atoms with Gasteiger partial charge in [0, 0.05) is 5.30 Å². The molecule has 0 saturated carbocycles. The van der Waals surface area contributed by atoms with Crippen LogP contribution in [0.5, 0.6) is 0 Å². The topological polar surface area (TPSA) is 17.1 Å². The normalized spacial score (nSPS) is 11.7. The molecule has 0 aliphatic carbocycles. The number of rotatable bonds is 1. The van der Waals surface area contributed by atoms with E-state index < -0.39 is 7.14 Å². The first-order valence-electron chi connectivity index (χ1n) is 4.04. The molecule has 0 fully saturated rings. The van der Waals surface area contributed by atoms with E-state index in [-0.39, 0.29) is 0 Å². The second-order valence-corrected chi connectivity index (χ2v) is 6.82. The lowest BCUT2D eigenvalue weighted by Crippen LogP contribution is -2.07. The summed E-state index contributed by atoms with van der Waals surface area (Å²) in [5, 5.41) is 1.02. The van der Waals surface area contributed by atoms with Crippen LogP contribution in [0, 0.1) is 13.8 Å². The van der Waals surface area contributed by atoms with E-state index in [9.17, 15) is 4.57 Å². The van der Waals surface area contributed by atoms with Crippen molar-refractivity contribution in [3.8, 4) is 0 Å². The predicted molar refractivity (Wildman–Crippen MR) is 55.0 cm³/mol. The summed E-state index contributed by atoms with van der Waals surface area (Å²) in [4.78, 5) is 0. The van der Waals surface area contributed by atoms with Crippen LogP contribution < -0.4 is 5.30 Å². The third-order valence-corrected chi connectivity index (χ3v) is 3.59. The summed E-state index contributed by atoms with van der Waals surface area (Å²) in [5.41, 5.74) is 2.31. The Morgan fingerprint density at radius 2 is 1.75 bits per heavy atom. The standard InChI is InChI=1S/C10H15OP/c1-8-5-6-9(2)10(7-8)12(3,4)11/h5-7H,1-4H3. The van der Waals surface area contributed by atoms with Gasteiger partial charge in [0.25, 0.3) is 0 Å². The Bertz CT molecular complexity index is 336. The highest BCUT2D eigenvalue weighted by Crippen LogP contribution is 2.35. The van der Waals surface area contributed by atoms with E-state index in [0.29, 0.717) is 0 Å². The van der Waals surface area contributed by atoms with Crippen molar-refractivity contribution in [3.05, 3.63) is 29.3 Å². The van der Waals surface area contributed by atoms with E-state index in [4.69, 9.17) is 0 Å². The van der Waals surface area contributed by atoms with Gasteiger partial charge < -0.3 is 4.57 Å². The van der Waals surface area contributed by atoms with Crippen LogP contribution in [0.25, 0.3) is 0 Å². The van der Waals surface area contributed by atoms with Crippen molar-refractivity contribution in [1.82, 2.24) is 0 Å². The Kier molecular flexibility index (Phi) is 2.44. The molecule has 0 aliphatic heterocycles. The van der Waals surface area contributed by atoms with E-state index >= 15 is 0 Å². The summed E-state index contributed by atoms with van der Waals surface area (Å²) in [6, 6.07) is 6.11.